The first-order valence-electron chi connectivity index (χ1n) is 7.08. The number of thiazole rings is 1. The molecule has 0 spiro atoms. The number of nitrogens with zero attached hydrogens (tertiary/aromatic N) is 2. The molecule has 2 aromatic carbocycles. The van der Waals surface area contributed by atoms with E-state index in [1.165, 1.54) is 11.3 Å². The predicted octanol–water partition coefficient (Wildman–Crippen LogP) is 4.86. The molecule has 5 nitrogen and oxygen atoms in total. The number of aromatic nitrogens is 2. The van der Waals surface area contributed by atoms with Gasteiger partial charge in [0.2, 0.25) is 0 Å². The molecule has 2 heterocycles. The lowest BCUT2D eigenvalue weighted by Gasteiger charge is -1.95. The van der Waals surface area contributed by atoms with Crippen molar-refractivity contribution in [3.05, 3.63) is 65.3 Å². The van der Waals surface area contributed by atoms with Gasteiger partial charge in [0.05, 0.1) is 10.2 Å². The minimum atomic E-state index is -0.369. The van der Waals surface area contributed by atoms with Gasteiger partial charge in [-0.15, -0.1) is 0 Å². The summed E-state index contributed by atoms with van der Waals surface area (Å²) in [5.41, 5.74) is 1.84. The van der Waals surface area contributed by atoms with Crippen molar-refractivity contribution < 1.29 is 9.32 Å². The third kappa shape index (κ3) is 2.89. The highest BCUT2D eigenvalue weighted by Gasteiger charge is 2.15. The number of halogens is 1. The van der Waals surface area contributed by atoms with Gasteiger partial charge >= 0.3 is 0 Å². The molecule has 2 aromatic heterocycles. The molecule has 1 amide bonds. The number of hydrogen-bond acceptors (Lipinski definition) is 5. The minimum Gasteiger partial charge on any atom is -0.355 e. The molecule has 1 N–H and O–H groups in total. The van der Waals surface area contributed by atoms with E-state index >= 15 is 0 Å². The molecule has 0 saturated carbocycles. The molecule has 0 aliphatic heterocycles. The van der Waals surface area contributed by atoms with Gasteiger partial charge in [0, 0.05) is 16.7 Å². The van der Waals surface area contributed by atoms with Crippen molar-refractivity contribution in [2.24, 2.45) is 0 Å². The minimum absolute atomic E-state index is 0.200. The Morgan fingerprint density at radius 3 is 2.79 bits per heavy atom. The lowest BCUT2D eigenvalue weighted by Crippen LogP contribution is -2.11. The molecule has 118 valence electrons. The fourth-order valence-corrected chi connectivity index (χ4v) is 3.37. The van der Waals surface area contributed by atoms with Gasteiger partial charge in [-0.1, -0.05) is 58.4 Å². The van der Waals surface area contributed by atoms with Gasteiger partial charge in [-0.3, -0.25) is 10.1 Å². The largest absolute Gasteiger partial charge is 0.355 e. The molecule has 0 aliphatic carbocycles. The molecule has 0 saturated heterocycles. The van der Waals surface area contributed by atoms with E-state index in [0.29, 0.717) is 15.9 Å². The summed E-state index contributed by atoms with van der Waals surface area (Å²) in [5, 5.41) is 7.68. The monoisotopic (exact) mass is 355 g/mol. The van der Waals surface area contributed by atoms with Crippen molar-refractivity contribution in [3.63, 3.8) is 0 Å². The summed E-state index contributed by atoms with van der Waals surface area (Å²) in [6.07, 6.45) is 0. The van der Waals surface area contributed by atoms with Crippen LogP contribution in [0.1, 0.15) is 10.5 Å². The van der Waals surface area contributed by atoms with Crippen LogP contribution < -0.4 is 5.32 Å². The summed E-state index contributed by atoms with van der Waals surface area (Å²) in [7, 11) is 0. The average Bonchev–Trinajstić information content (AvgIpc) is 3.22. The summed E-state index contributed by atoms with van der Waals surface area (Å²) >= 11 is 7.31. The zero-order chi connectivity index (χ0) is 16.5. The SMILES string of the molecule is O=C(Nc1nc2ccc(Cl)cc2s1)c1cc(-c2ccccc2)on1. The van der Waals surface area contributed by atoms with Crippen LogP contribution >= 0.6 is 22.9 Å². The summed E-state index contributed by atoms with van der Waals surface area (Å²) in [5.74, 6) is 0.169. The standard InChI is InChI=1S/C17H10ClN3O2S/c18-11-6-7-12-15(8-11)24-17(19-12)20-16(22)13-9-14(23-21-13)10-4-2-1-3-5-10/h1-9H,(H,19,20,22). The molecule has 0 atom stereocenters. The van der Waals surface area contributed by atoms with E-state index in [9.17, 15) is 4.79 Å². The van der Waals surface area contributed by atoms with Gasteiger partial charge in [0.1, 0.15) is 0 Å². The summed E-state index contributed by atoms with van der Waals surface area (Å²) in [6.45, 7) is 0. The van der Waals surface area contributed by atoms with E-state index in [1.54, 1.807) is 12.1 Å². The number of rotatable bonds is 3. The number of hydrogen-bond donors (Lipinski definition) is 1. The normalized spacial score (nSPS) is 10.9. The first kappa shape index (κ1) is 14.9. The summed E-state index contributed by atoms with van der Waals surface area (Å²) in [6, 6.07) is 16.5. The average molecular weight is 356 g/mol. The topological polar surface area (TPSA) is 68.0 Å². The van der Waals surface area contributed by atoms with E-state index in [0.717, 1.165) is 15.8 Å². The quantitative estimate of drug-likeness (QED) is 0.570. The Morgan fingerprint density at radius 2 is 1.96 bits per heavy atom. The number of amides is 1. The molecule has 24 heavy (non-hydrogen) atoms. The molecule has 7 heteroatoms. The predicted molar refractivity (Wildman–Crippen MR) is 94.5 cm³/mol. The molecule has 4 aromatic rings. The van der Waals surface area contributed by atoms with E-state index in [2.05, 4.69) is 15.5 Å². The van der Waals surface area contributed by atoms with Crippen LogP contribution in [0.25, 0.3) is 21.5 Å². The lowest BCUT2D eigenvalue weighted by atomic mass is 10.1. The Balaban J connectivity index is 1.56. The number of carbonyl (C=O) groups is 1. The van der Waals surface area contributed by atoms with Gasteiger partial charge in [-0.25, -0.2) is 4.98 Å². The summed E-state index contributed by atoms with van der Waals surface area (Å²) < 4.78 is 6.14. The van der Waals surface area contributed by atoms with Crippen molar-refractivity contribution in [2.75, 3.05) is 5.32 Å². The Bertz CT molecular complexity index is 1030. The number of nitrogens with one attached hydrogen (secondary N) is 1. The molecule has 4 rings (SSSR count). The third-order valence-electron chi connectivity index (χ3n) is 3.37. The molecular formula is C17H10ClN3O2S. The van der Waals surface area contributed by atoms with E-state index < -0.39 is 0 Å². The number of anilines is 1. The van der Waals surface area contributed by atoms with Crippen LogP contribution in [-0.4, -0.2) is 16.0 Å². The van der Waals surface area contributed by atoms with Crippen molar-refractivity contribution in [3.8, 4) is 11.3 Å². The molecule has 0 unspecified atom stereocenters. The van der Waals surface area contributed by atoms with Crippen molar-refractivity contribution in [2.45, 2.75) is 0 Å². The maximum Gasteiger partial charge on any atom is 0.279 e. The second kappa shape index (κ2) is 6.07. The van der Waals surface area contributed by atoms with Crippen LogP contribution in [-0.2, 0) is 0 Å². The second-order valence-corrected chi connectivity index (χ2v) is 6.49. The van der Waals surface area contributed by atoms with Crippen molar-refractivity contribution in [1.29, 1.82) is 0 Å². The lowest BCUT2D eigenvalue weighted by molar-refractivity contribution is 0.101. The van der Waals surface area contributed by atoms with Crippen LogP contribution in [0.3, 0.4) is 0 Å². The molecule has 0 aliphatic rings. The highest BCUT2D eigenvalue weighted by Crippen LogP contribution is 2.28. The maximum absolute atomic E-state index is 12.3. The number of benzene rings is 2. The van der Waals surface area contributed by atoms with Crippen LogP contribution in [0, 0.1) is 0 Å². The summed E-state index contributed by atoms with van der Waals surface area (Å²) in [4.78, 5) is 16.7. The first-order chi connectivity index (χ1) is 11.7. The van der Waals surface area contributed by atoms with Crippen molar-refractivity contribution >= 4 is 44.2 Å². The Kier molecular flexibility index (Phi) is 3.76. The molecule has 0 radical (unpaired) electrons. The number of carbonyl (C=O) groups excluding carboxylic acids is 1. The fourth-order valence-electron chi connectivity index (χ4n) is 2.23. The van der Waals surface area contributed by atoms with Crippen LogP contribution in [0.5, 0.6) is 0 Å². The van der Waals surface area contributed by atoms with E-state index in [1.807, 2.05) is 42.5 Å². The smallest absolute Gasteiger partial charge is 0.279 e. The first-order valence-corrected chi connectivity index (χ1v) is 8.28. The Hall–Kier alpha value is -2.70. The van der Waals surface area contributed by atoms with E-state index in [-0.39, 0.29) is 11.6 Å². The second-order valence-electron chi connectivity index (χ2n) is 5.03. The highest BCUT2D eigenvalue weighted by molar-refractivity contribution is 7.22. The third-order valence-corrected chi connectivity index (χ3v) is 4.54. The van der Waals surface area contributed by atoms with Crippen LogP contribution in [0.2, 0.25) is 5.02 Å². The van der Waals surface area contributed by atoms with Gasteiger partial charge < -0.3 is 4.52 Å². The Morgan fingerprint density at radius 1 is 1.12 bits per heavy atom. The maximum atomic E-state index is 12.3. The van der Waals surface area contributed by atoms with Crippen LogP contribution in [0.4, 0.5) is 5.13 Å². The fraction of sp³-hybridized carbons (Fsp3) is 0. The van der Waals surface area contributed by atoms with Gasteiger partial charge in [0.25, 0.3) is 5.91 Å². The van der Waals surface area contributed by atoms with Gasteiger partial charge in [-0.2, -0.15) is 0 Å². The van der Waals surface area contributed by atoms with Crippen molar-refractivity contribution in [1.82, 2.24) is 10.1 Å². The molecule has 0 fully saturated rings. The van der Waals surface area contributed by atoms with E-state index in [4.69, 9.17) is 16.1 Å². The zero-order valence-corrected chi connectivity index (χ0v) is 13.8. The molecule has 0 bridgehead atoms. The zero-order valence-electron chi connectivity index (χ0n) is 12.2. The Labute approximate surface area is 145 Å². The van der Waals surface area contributed by atoms with Crippen LogP contribution in [0.15, 0.2) is 59.1 Å². The van der Waals surface area contributed by atoms with Gasteiger partial charge in [0.15, 0.2) is 16.6 Å². The highest BCUT2D eigenvalue weighted by atomic mass is 35.5. The molecular weight excluding hydrogens is 346 g/mol. The number of fused-ring (bicyclic) bond motifs is 1. The van der Waals surface area contributed by atoms with Gasteiger partial charge in [-0.05, 0) is 18.2 Å².